The number of methoxy groups -OCH3 is 2. The molecule has 0 fully saturated rings. The fourth-order valence-electron chi connectivity index (χ4n) is 2.90. The van der Waals surface area contributed by atoms with Gasteiger partial charge in [0.2, 0.25) is 5.91 Å². The summed E-state index contributed by atoms with van der Waals surface area (Å²) in [5, 5.41) is 11.3. The van der Waals surface area contributed by atoms with Crippen molar-refractivity contribution in [1.29, 1.82) is 0 Å². The number of carbonyl (C=O) groups excluding carboxylic acids is 1. The molecule has 1 amide bonds. The van der Waals surface area contributed by atoms with Gasteiger partial charge < -0.3 is 14.6 Å². The Morgan fingerprint density at radius 2 is 1.83 bits per heavy atom. The summed E-state index contributed by atoms with van der Waals surface area (Å²) in [7, 11) is 3.16. The van der Waals surface area contributed by atoms with E-state index in [9.17, 15) is 9.59 Å². The van der Waals surface area contributed by atoms with E-state index < -0.39 is 5.97 Å². The topological polar surface area (TPSA) is 89.0 Å². The first-order valence-corrected chi connectivity index (χ1v) is 10.1. The summed E-state index contributed by atoms with van der Waals surface area (Å²) in [6, 6.07) is 14.9. The van der Waals surface area contributed by atoms with Gasteiger partial charge in [0.25, 0.3) is 0 Å². The number of rotatable bonds is 9. The molecule has 30 heavy (non-hydrogen) atoms. The molecule has 0 aliphatic heterocycles. The minimum absolute atomic E-state index is 0.0977. The number of aromatic nitrogens is 1. The van der Waals surface area contributed by atoms with Gasteiger partial charge in [-0.3, -0.25) is 14.5 Å². The van der Waals surface area contributed by atoms with E-state index in [1.54, 1.807) is 26.4 Å². The summed E-state index contributed by atoms with van der Waals surface area (Å²) < 4.78 is 10.7. The lowest BCUT2D eigenvalue weighted by Crippen LogP contribution is -2.30. The predicted octanol–water partition coefficient (Wildman–Crippen LogP) is 4.23. The van der Waals surface area contributed by atoms with Crippen LogP contribution in [0.3, 0.4) is 0 Å². The number of thiazole rings is 1. The Labute approximate surface area is 178 Å². The summed E-state index contributed by atoms with van der Waals surface area (Å²) in [6.45, 7) is 0.307. The zero-order chi connectivity index (χ0) is 21.5. The van der Waals surface area contributed by atoms with Crippen LogP contribution in [0.15, 0.2) is 53.9 Å². The molecule has 0 aliphatic carbocycles. The number of carboxylic acids is 1. The number of carboxylic acid groups (broad SMARTS) is 1. The highest BCUT2D eigenvalue weighted by molar-refractivity contribution is 7.14. The van der Waals surface area contributed by atoms with Crippen molar-refractivity contribution >= 4 is 28.3 Å². The monoisotopic (exact) mass is 426 g/mol. The van der Waals surface area contributed by atoms with Gasteiger partial charge in [0.1, 0.15) is 11.5 Å². The molecular formula is C22H22N2O5S. The maximum atomic E-state index is 12.8. The standard InChI is InChI=1S/C22H22N2O5S/c1-28-16-8-9-19(29-2)17(12-16)18-14-30-22(23-18)24(20(25)10-11-21(26)27)13-15-6-4-3-5-7-15/h3-9,12,14H,10-11,13H2,1-2H3,(H,26,27). The fraction of sp³-hybridized carbons (Fsp3) is 0.227. The molecule has 0 bridgehead atoms. The van der Waals surface area contributed by atoms with E-state index in [-0.39, 0.29) is 18.7 Å². The number of nitrogens with zero attached hydrogens (tertiary/aromatic N) is 2. The van der Waals surface area contributed by atoms with E-state index in [2.05, 4.69) is 4.98 Å². The van der Waals surface area contributed by atoms with Crippen molar-refractivity contribution in [3.05, 3.63) is 59.5 Å². The van der Waals surface area contributed by atoms with Crippen molar-refractivity contribution in [2.45, 2.75) is 19.4 Å². The quantitative estimate of drug-likeness (QED) is 0.551. The number of benzene rings is 2. The van der Waals surface area contributed by atoms with Crippen LogP contribution in [0.2, 0.25) is 0 Å². The number of anilines is 1. The normalized spacial score (nSPS) is 10.5. The lowest BCUT2D eigenvalue weighted by molar-refractivity contribution is -0.138. The molecule has 8 heteroatoms. The Morgan fingerprint density at radius 3 is 2.50 bits per heavy atom. The van der Waals surface area contributed by atoms with Crippen molar-refractivity contribution in [3.8, 4) is 22.8 Å². The Kier molecular flexibility index (Phi) is 7.03. The SMILES string of the molecule is COc1ccc(OC)c(-c2csc(N(Cc3ccccc3)C(=O)CCC(=O)O)n2)c1. The Hall–Kier alpha value is -3.39. The van der Waals surface area contributed by atoms with Crippen molar-refractivity contribution in [1.82, 2.24) is 4.98 Å². The number of hydrogen-bond donors (Lipinski definition) is 1. The lowest BCUT2D eigenvalue weighted by atomic mass is 10.1. The molecule has 1 N–H and O–H groups in total. The molecule has 0 spiro atoms. The maximum Gasteiger partial charge on any atom is 0.303 e. The number of hydrogen-bond acceptors (Lipinski definition) is 6. The van der Waals surface area contributed by atoms with Crippen LogP contribution >= 0.6 is 11.3 Å². The highest BCUT2D eigenvalue weighted by Crippen LogP contribution is 2.36. The molecule has 0 unspecified atom stereocenters. The van der Waals surface area contributed by atoms with E-state index in [1.807, 2.05) is 41.8 Å². The van der Waals surface area contributed by atoms with Gasteiger partial charge in [-0.1, -0.05) is 30.3 Å². The van der Waals surface area contributed by atoms with Gasteiger partial charge in [-0.2, -0.15) is 0 Å². The van der Waals surface area contributed by atoms with Gasteiger partial charge >= 0.3 is 5.97 Å². The second kappa shape index (κ2) is 9.89. The molecule has 3 aromatic rings. The van der Waals surface area contributed by atoms with Crippen molar-refractivity contribution in [2.75, 3.05) is 19.1 Å². The Morgan fingerprint density at radius 1 is 1.07 bits per heavy atom. The Bertz CT molecular complexity index is 1020. The first kappa shape index (κ1) is 21.3. The number of ether oxygens (including phenoxy) is 2. The number of amides is 1. The summed E-state index contributed by atoms with van der Waals surface area (Å²) in [5.41, 5.74) is 2.32. The zero-order valence-corrected chi connectivity index (χ0v) is 17.5. The van der Waals surface area contributed by atoms with E-state index in [0.29, 0.717) is 28.9 Å². The maximum absolute atomic E-state index is 12.8. The van der Waals surface area contributed by atoms with Crippen molar-refractivity contribution in [3.63, 3.8) is 0 Å². The minimum atomic E-state index is -1.01. The van der Waals surface area contributed by atoms with Crippen LogP contribution in [0.4, 0.5) is 5.13 Å². The number of aliphatic carboxylic acids is 1. The van der Waals surface area contributed by atoms with Gasteiger partial charge in [0, 0.05) is 17.4 Å². The molecule has 3 rings (SSSR count). The highest BCUT2D eigenvalue weighted by Gasteiger charge is 2.21. The first-order valence-electron chi connectivity index (χ1n) is 9.26. The van der Waals surface area contributed by atoms with Crippen molar-refractivity contribution < 1.29 is 24.2 Å². The van der Waals surface area contributed by atoms with Crippen LogP contribution in [-0.4, -0.2) is 36.2 Å². The molecule has 0 atom stereocenters. The van der Waals surface area contributed by atoms with Crippen LogP contribution in [0.25, 0.3) is 11.3 Å². The fourth-order valence-corrected chi connectivity index (χ4v) is 3.74. The summed E-state index contributed by atoms with van der Waals surface area (Å²) in [5.74, 6) is 0.00204. The van der Waals surface area contributed by atoms with E-state index in [1.165, 1.54) is 16.2 Å². The molecule has 1 heterocycles. The van der Waals surface area contributed by atoms with Crippen LogP contribution in [0.1, 0.15) is 18.4 Å². The van der Waals surface area contributed by atoms with Crippen molar-refractivity contribution in [2.24, 2.45) is 0 Å². The largest absolute Gasteiger partial charge is 0.497 e. The van der Waals surface area contributed by atoms with Gasteiger partial charge in [-0.25, -0.2) is 4.98 Å². The molecule has 156 valence electrons. The average Bonchev–Trinajstić information content (AvgIpc) is 3.25. The lowest BCUT2D eigenvalue weighted by Gasteiger charge is -2.20. The van der Waals surface area contributed by atoms with Gasteiger partial charge in [0.05, 0.1) is 32.9 Å². The van der Waals surface area contributed by atoms with Gasteiger partial charge in [-0.15, -0.1) is 11.3 Å². The molecule has 7 nitrogen and oxygen atoms in total. The summed E-state index contributed by atoms with van der Waals surface area (Å²) in [4.78, 5) is 29.9. The number of carbonyl (C=O) groups is 2. The van der Waals surface area contributed by atoms with Crippen LogP contribution in [0, 0.1) is 0 Å². The third-order valence-electron chi connectivity index (χ3n) is 4.44. The molecule has 0 radical (unpaired) electrons. The molecule has 0 aliphatic rings. The second-order valence-electron chi connectivity index (χ2n) is 6.44. The average molecular weight is 426 g/mol. The minimum Gasteiger partial charge on any atom is -0.497 e. The van der Waals surface area contributed by atoms with Crippen LogP contribution in [-0.2, 0) is 16.1 Å². The van der Waals surface area contributed by atoms with Gasteiger partial charge in [0.15, 0.2) is 5.13 Å². The second-order valence-corrected chi connectivity index (χ2v) is 7.28. The zero-order valence-electron chi connectivity index (χ0n) is 16.7. The first-order chi connectivity index (χ1) is 14.5. The van der Waals surface area contributed by atoms with Crippen LogP contribution in [0.5, 0.6) is 11.5 Å². The third-order valence-corrected chi connectivity index (χ3v) is 5.31. The van der Waals surface area contributed by atoms with E-state index >= 15 is 0 Å². The summed E-state index contributed by atoms with van der Waals surface area (Å²) in [6.07, 6.45) is -0.328. The van der Waals surface area contributed by atoms with E-state index in [4.69, 9.17) is 14.6 Å². The summed E-state index contributed by atoms with van der Waals surface area (Å²) >= 11 is 1.32. The predicted molar refractivity (Wildman–Crippen MR) is 115 cm³/mol. The Balaban J connectivity index is 1.94. The molecule has 0 saturated carbocycles. The van der Waals surface area contributed by atoms with Gasteiger partial charge in [-0.05, 0) is 23.8 Å². The third kappa shape index (κ3) is 5.15. The molecule has 1 aromatic heterocycles. The molecule has 2 aromatic carbocycles. The smallest absolute Gasteiger partial charge is 0.303 e. The van der Waals surface area contributed by atoms with Crippen LogP contribution < -0.4 is 14.4 Å². The highest BCUT2D eigenvalue weighted by atomic mass is 32.1. The molecule has 0 saturated heterocycles. The van der Waals surface area contributed by atoms with E-state index in [0.717, 1.165) is 11.1 Å². The molecular weight excluding hydrogens is 404 g/mol.